The van der Waals surface area contributed by atoms with Crippen molar-refractivity contribution in [3.05, 3.63) is 59.7 Å². The number of methoxy groups -OCH3 is 1. The maximum atomic E-state index is 10.4. The largest absolute Gasteiger partial charge is 0.497 e. The van der Waals surface area contributed by atoms with Gasteiger partial charge in [0.1, 0.15) is 5.75 Å². The number of rotatable bonds is 6. The Bertz CT molecular complexity index is 647. The second kappa shape index (κ2) is 8.37. The number of aliphatic hydroxyl groups excluding tert-OH is 1. The monoisotopic (exact) mass is 340 g/mol. The van der Waals surface area contributed by atoms with Crippen LogP contribution in [0.5, 0.6) is 5.75 Å². The van der Waals surface area contributed by atoms with Gasteiger partial charge in [0, 0.05) is 38.4 Å². The zero-order valence-corrected chi connectivity index (χ0v) is 15.2. The van der Waals surface area contributed by atoms with Gasteiger partial charge in [-0.3, -0.25) is 4.90 Å². The van der Waals surface area contributed by atoms with Crippen LogP contribution in [0.2, 0.25) is 0 Å². The van der Waals surface area contributed by atoms with Gasteiger partial charge < -0.3 is 14.7 Å². The summed E-state index contributed by atoms with van der Waals surface area (Å²) >= 11 is 0. The SMILES string of the molecule is COc1ccc(N2CCN(CCC(O)c3ccc(C)cc3)CC2)cc1. The molecule has 4 nitrogen and oxygen atoms in total. The van der Waals surface area contributed by atoms with Crippen molar-refractivity contribution in [2.45, 2.75) is 19.4 Å². The molecule has 0 bridgehead atoms. The number of hydrogen-bond acceptors (Lipinski definition) is 4. The van der Waals surface area contributed by atoms with Crippen molar-refractivity contribution in [2.75, 3.05) is 44.7 Å². The fourth-order valence-corrected chi connectivity index (χ4v) is 3.28. The van der Waals surface area contributed by atoms with Crippen molar-refractivity contribution < 1.29 is 9.84 Å². The Balaban J connectivity index is 1.45. The maximum absolute atomic E-state index is 10.4. The summed E-state index contributed by atoms with van der Waals surface area (Å²) in [5.74, 6) is 0.896. The molecular weight excluding hydrogens is 312 g/mol. The number of anilines is 1. The van der Waals surface area contributed by atoms with E-state index in [-0.39, 0.29) is 6.10 Å². The van der Waals surface area contributed by atoms with Gasteiger partial charge in [-0.15, -0.1) is 0 Å². The quantitative estimate of drug-likeness (QED) is 0.876. The van der Waals surface area contributed by atoms with E-state index in [2.05, 4.69) is 41.0 Å². The van der Waals surface area contributed by atoms with E-state index in [4.69, 9.17) is 4.74 Å². The number of aliphatic hydroxyl groups is 1. The molecule has 1 atom stereocenters. The first-order chi connectivity index (χ1) is 12.2. The summed E-state index contributed by atoms with van der Waals surface area (Å²) in [5, 5.41) is 10.4. The van der Waals surface area contributed by atoms with Crippen molar-refractivity contribution in [1.29, 1.82) is 0 Å². The summed E-state index contributed by atoms with van der Waals surface area (Å²) in [4.78, 5) is 4.85. The van der Waals surface area contributed by atoms with E-state index in [0.29, 0.717) is 0 Å². The van der Waals surface area contributed by atoms with Gasteiger partial charge in [0.15, 0.2) is 0 Å². The molecule has 1 saturated heterocycles. The van der Waals surface area contributed by atoms with Gasteiger partial charge >= 0.3 is 0 Å². The van der Waals surface area contributed by atoms with Gasteiger partial charge in [-0.1, -0.05) is 29.8 Å². The Morgan fingerprint density at radius 1 is 0.960 bits per heavy atom. The molecule has 1 aliphatic rings. The lowest BCUT2D eigenvalue weighted by Crippen LogP contribution is -2.46. The van der Waals surface area contributed by atoms with E-state index in [9.17, 15) is 5.11 Å². The first kappa shape index (κ1) is 17.8. The zero-order chi connectivity index (χ0) is 17.6. The molecule has 134 valence electrons. The van der Waals surface area contributed by atoms with Crippen LogP contribution in [0, 0.1) is 6.92 Å². The predicted octanol–water partition coefficient (Wildman–Crippen LogP) is 3.25. The molecule has 4 heteroatoms. The molecule has 1 unspecified atom stereocenters. The molecule has 0 saturated carbocycles. The second-order valence-corrected chi connectivity index (χ2v) is 6.74. The number of hydrogen-bond donors (Lipinski definition) is 1. The average Bonchev–Trinajstić information content (AvgIpc) is 2.67. The minimum absolute atomic E-state index is 0.375. The summed E-state index contributed by atoms with van der Waals surface area (Å²) in [7, 11) is 1.69. The van der Waals surface area contributed by atoms with E-state index in [1.54, 1.807) is 7.11 Å². The summed E-state index contributed by atoms with van der Waals surface area (Å²) in [6.45, 7) is 7.11. The van der Waals surface area contributed by atoms with E-state index < -0.39 is 0 Å². The Morgan fingerprint density at radius 3 is 2.20 bits per heavy atom. The van der Waals surface area contributed by atoms with Crippen molar-refractivity contribution >= 4 is 5.69 Å². The fraction of sp³-hybridized carbons (Fsp3) is 0.429. The van der Waals surface area contributed by atoms with E-state index >= 15 is 0 Å². The molecule has 1 heterocycles. The normalized spacial score (nSPS) is 16.7. The molecule has 1 aliphatic heterocycles. The van der Waals surface area contributed by atoms with Crippen molar-refractivity contribution in [1.82, 2.24) is 4.90 Å². The van der Waals surface area contributed by atoms with Crippen molar-refractivity contribution in [2.24, 2.45) is 0 Å². The maximum Gasteiger partial charge on any atom is 0.119 e. The highest BCUT2D eigenvalue weighted by atomic mass is 16.5. The van der Waals surface area contributed by atoms with E-state index in [1.165, 1.54) is 11.3 Å². The molecular formula is C21H28N2O2. The molecule has 1 N–H and O–H groups in total. The third kappa shape index (κ3) is 4.74. The first-order valence-electron chi connectivity index (χ1n) is 9.01. The number of aryl methyl sites for hydroxylation is 1. The summed E-state index contributed by atoms with van der Waals surface area (Å²) < 4.78 is 5.22. The van der Waals surface area contributed by atoms with Crippen LogP contribution in [-0.4, -0.2) is 49.8 Å². The standard InChI is InChI=1S/C21H28N2O2/c1-17-3-5-18(6-4-17)21(24)11-12-22-13-15-23(16-14-22)19-7-9-20(25-2)10-8-19/h3-10,21,24H,11-16H2,1-2H3. The molecule has 2 aromatic carbocycles. The van der Waals surface area contributed by atoms with Gasteiger partial charge in [0.25, 0.3) is 0 Å². The van der Waals surface area contributed by atoms with Crippen LogP contribution >= 0.6 is 0 Å². The molecule has 0 radical (unpaired) electrons. The van der Waals surface area contributed by atoms with Gasteiger partial charge in [0.2, 0.25) is 0 Å². The lowest BCUT2D eigenvalue weighted by molar-refractivity contribution is 0.139. The highest BCUT2D eigenvalue weighted by molar-refractivity contribution is 5.49. The number of nitrogens with zero attached hydrogens (tertiary/aromatic N) is 2. The topological polar surface area (TPSA) is 35.9 Å². The second-order valence-electron chi connectivity index (χ2n) is 6.74. The van der Waals surface area contributed by atoms with Gasteiger partial charge in [-0.25, -0.2) is 0 Å². The van der Waals surface area contributed by atoms with Crippen LogP contribution < -0.4 is 9.64 Å². The molecule has 0 aliphatic carbocycles. The van der Waals surface area contributed by atoms with Crippen molar-refractivity contribution in [3.8, 4) is 5.75 Å². The summed E-state index contributed by atoms with van der Waals surface area (Å²) in [5.41, 5.74) is 3.49. The average molecular weight is 340 g/mol. The number of ether oxygens (including phenoxy) is 1. The third-order valence-corrected chi connectivity index (χ3v) is 4.99. The number of piperazine rings is 1. The molecule has 2 aromatic rings. The molecule has 0 aromatic heterocycles. The van der Waals surface area contributed by atoms with Gasteiger partial charge in [-0.2, -0.15) is 0 Å². The van der Waals surface area contributed by atoms with E-state index in [0.717, 1.165) is 50.5 Å². The van der Waals surface area contributed by atoms with Crippen LogP contribution in [0.1, 0.15) is 23.7 Å². The van der Waals surface area contributed by atoms with Crippen LogP contribution in [0.4, 0.5) is 5.69 Å². The third-order valence-electron chi connectivity index (χ3n) is 4.99. The minimum atomic E-state index is -0.375. The Morgan fingerprint density at radius 2 is 1.60 bits per heavy atom. The fourth-order valence-electron chi connectivity index (χ4n) is 3.28. The Kier molecular flexibility index (Phi) is 5.95. The predicted molar refractivity (Wildman–Crippen MR) is 102 cm³/mol. The first-order valence-corrected chi connectivity index (χ1v) is 9.01. The van der Waals surface area contributed by atoms with Crippen molar-refractivity contribution in [3.63, 3.8) is 0 Å². The van der Waals surface area contributed by atoms with Gasteiger partial charge in [-0.05, 0) is 43.2 Å². The summed E-state index contributed by atoms with van der Waals surface area (Å²) in [6, 6.07) is 16.5. The van der Waals surface area contributed by atoms with E-state index in [1.807, 2.05) is 24.3 Å². The van der Waals surface area contributed by atoms with Crippen LogP contribution in [0.15, 0.2) is 48.5 Å². The zero-order valence-electron chi connectivity index (χ0n) is 15.2. The molecule has 0 spiro atoms. The Labute approximate surface area is 150 Å². The highest BCUT2D eigenvalue weighted by Crippen LogP contribution is 2.22. The minimum Gasteiger partial charge on any atom is -0.497 e. The Hall–Kier alpha value is -2.04. The lowest BCUT2D eigenvalue weighted by atomic mass is 10.0. The molecule has 25 heavy (non-hydrogen) atoms. The lowest BCUT2D eigenvalue weighted by Gasteiger charge is -2.36. The van der Waals surface area contributed by atoms with Gasteiger partial charge in [0.05, 0.1) is 13.2 Å². The highest BCUT2D eigenvalue weighted by Gasteiger charge is 2.18. The molecule has 0 amide bonds. The smallest absolute Gasteiger partial charge is 0.119 e. The van der Waals surface area contributed by atoms with Crippen LogP contribution in [0.25, 0.3) is 0 Å². The number of benzene rings is 2. The van der Waals surface area contributed by atoms with Crippen LogP contribution in [-0.2, 0) is 0 Å². The summed E-state index contributed by atoms with van der Waals surface area (Å²) in [6.07, 6.45) is 0.409. The molecule has 3 rings (SSSR count). The molecule has 1 fully saturated rings. The van der Waals surface area contributed by atoms with Crippen LogP contribution in [0.3, 0.4) is 0 Å².